The van der Waals surface area contributed by atoms with Crippen LogP contribution in [0.3, 0.4) is 0 Å². The minimum absolute atomic E-state index is 0.186. The molecule has 0 radical (unpaired) electrons. The van der Waals surface area contributed by atoms with Crippen LogP contribution in [0.2, 0.25) is 0 Å². The Labute approximate surface area is 218 Å². The van der Waals surface area contributed by atoms with Gasteiger partial charge in [0, 0.05) is 35.7 Å². The minimum Gasteiger partial charge on any atom is -0.340 e. The molecule has 1 aliphatic carbocycles. The van der Waals surface area contributed by atoms with Gasteiger partial charge in [0.1, 0.15) is 5.82 Å². The molecule has 3 aromatic rings. The molecule has 0 atom stereocenters. The van der Waals surface area contributed by atoms with E-state index in [2.05, 4.69) is 30.0 Å². The predicted octanol–water partition coefficient (Wildman–Crippen LogP) is 3.85. The minimum atomic E-state index is -3.67. The van der Waals surface area contributed by atoms with E-state index in [0.29, 0.717) is 23.0 Å². The number of hydrogen-bond acceptors (Lipinski definition) is 8. The predicted molar refractivity (Wildman–Crippen MR) is 145 cm³/mol. The lowest BCUT2D eigenvalue weighted by Gasteiger charge is -2.14. The molecule has 0 unspecified atom stereocenters. The Balaban J connectivity index is 1.50. The number of aromatic nitrogens is 2. The van der Waals surface area contributed by atoms with Gasteiger partial charge in [-0.1, -0.05) is 18.2 Å². The third kappa shape index (κ3) is 7.04. The molecule has 1 saturated carbocycles. The highest BCUT2D eigenvalue weighted by atomic mass is 32.2. The Morgan fingerprint density at radius 2 is 1.68 bits per heavy atom. The maximum atomic E-state index is 12.7. The van der Waals surface area contributed by atoms with Gasteiger partial charge < -0.3 is 10.6 Å². The number of anilines is 4. The highest BCUT2D eigenvalue weighted by molar-refractivity contribution is 7.90. The molecule has 10 nitrogen and oxygen atoms in total. The van der Waals surface area contributed by atoms with Crippen molar-refractivity contribution in [3.8, 4) is 0 Å². The largest absolute Gasteiger partial charge is 0.340 e. The Bertz CT molecular complexity index is 1500. The molecule has 0 saturated heterocycles. The summed E-state index contributed by atoms with van der Waals surface area (Å²) >= 11 is 0. The van der Waals surface area contributed by atoms with Crippen molar-refractivity contribution in [3.05, 3.63) is 65.4 Å². The van der Waals surface area contributed by atoms with E-state index in [-0.39, 0.29) is 22.7 Å². The van der Waals surface area contributed by atoms with Crippen molar-refractivity contribution in [1.82, 2.24) is 19.4 Å². The van der Waals surface area contributed by atoms with E-state index < -0.39 is 20.0 Å². The number of sulfonamides is 2. The van der Waals surface area contributed by atoms with Crippen molar-refractivity contribution in [3.63, 3.8) is 0 Å². The van der Waals surface area contributed by atoms with Crippen molar-refractivity contribution < 1.29 is 16.8 Å². The molecule has 1 fully saturated rings. The molecule has 4 rings (SSSR count). The molecule has 198 valence electrons. The van der Waals surface area contributed by atoms with Crippen LogP contribution in [0.25, 0.3) is 0 Å². The lowest BCUT2D eigenvalue weighted by molar-refractivity contribution is 0.569. The van der Waals surface area contributed by atoms with Gasteiger partial charge in [-0.05, 0) is 75.9 Å². The average Bonchev–Trinajstić information content (AvgIpc) is 3.67. The summed E-state index contributed by atoms with van der Waals surface area (Å²) in [5.41, 5.74) is 3.54. The first-order chi connectivity index (χ1) is 17.4. The van der Waals surface area contributed by atoms with Gasteiger partial charge in [-0.15, -0.1) is 0 Å². The summed E-state index contributed by atoms with van der Waals surface area (Å²) in [6.45, 7) is 7.37. The van der Waals surface area contributed by atoms with Crippen molar-refractivity contribution in [1.29, 1.82) is 0 Å². The summed E-state index contributed by atoms with van der Waals surface area (Å²) in [7, 11) is -6.93. The number of benzene rings is 2. The fraction of sp³-hybridized carbons (Fsp3) is 0.360. The van der Waals surface area contributed by atoms with Gasteiger partial charge in [0.05, 0.1) is 10.1 Å². The molecule has 0 aliphatic heterocycles. The van der Waals surface area contributed by atoms with E-state index in [1.165, 1.54) is 0 Å². The molecule has 2 aromatic carbocycles. The van der Waals surface area contributed by atoms with Crippen LogP contribution in [0.4, 0.5) is 23.1 Å². The molecule has 0 amide bonds. The zero-order chi connectivity index (χ0) is 26.8. The number of nitrogens with zero attached hydrogens (tertiary/aromatic N) is 2. The number of hydrogen-bond donors (Lipinski definition) is 4. The van der Waals surface area contributed by atoms with Crippen molar-refractivity contribution in [2.24, 2.45) is 0 Å². The average molecular weight is 545 g/mol. The number of rotatable bonds is 11. The fourth-order valence-electron chi connectivity index (χ4n) is 3.67. The Morgan fingerprint density at radius 3 is 2.38 bits per heavy atom. The third-order valence-corrected chi connectivity index (χ3v) is 9.42. The molecule has 0 bridgehead atoms. The Hall–Kier alpha value is -3.06. The lowest BCUT2D eigenvalue weighted by Crippen LogP contribution is -2.30. The number of aryl methyl sites for hydroxylation is 2. The van der Waals surface area contributed by atoms with E-state index in [0.717, 1.165) is 29.7 Å². The van der Waals surface area contributed by atoms with Crippen LogP contribution >= 0.6 is 0 Å². The molecule has 37 heavy (non-hydrogen) atoms. The first kappa shape index (κ1) is 27.0. The molecular weight excluding hydrogens is 512 g/mol. The summed E-state index contributed by atoms with van der Waals surface area (Å²) < 4.78 is 55.0. The van der Waals surface area contributed by atoms with Crippen molar-refractivity contribution >= 4 is 43.2 Å². The van der Waals surface area contributed by atoms with Crippen molar-refractivity contribution in [2.75, 3.05) is 10.6 Å². The standard InChI is InChI=1S/C25H32N6O4S2/c1-16(2)31-37(34,35)23-13-21(9-8-17(23)3)29-25-26-14-18(4)24(30-25)28-20-7-5-6-19(12-20)15-27-36(32,33)22-10-11-22/h5-9,12-14,16,22,27,31H,10-11,15H2,1-4H3,(H2,26,28,29,30). The van der Waals surface area contributed by atoms with Crippen LogP contribution in [0.5, 0.6) is 0 Å². The topological polar surface area (TPSA) is 142 Å². The van der Waals surface area contributed by atoms with Crippen LogP contribution in [0, 0.1) is 13.8 Å². The van der Waals surface area contributed by atoms with E-state index in [1.54, 1.807) is 45.2 Å². The molecule has 12 heteroatoms. The summed E-state index contributed by atoms with van der Waals surface area (Å²) in [6, 6.07) is 12.3. The van der Waals surface area contributed by atoms with E-state index >= 15 is 0 Å². The van der Waals surface area contributed by atoms with Crippen LogP contribution in [-0.2, 0) is 26.6 Å². The SMILES string of the molecule is Cc1ccc(Nc2ncc(C)c(Nc3cccc(CNS(=O)(=O)C4CC4)c3)n2)cc1S(=O)(=O)NC(C)C. The first-order valence-corrected chi connectivity index (χ1v) is 15.0. The smallest absolute Gasteiger partial charge is 0.241 e. The van der Waals surface area contributed by atoms with Crippen LogP contribution in [-0.4, -0.2) is 38.1 Å². The van der Waals surface area contributed by atoms with Gasteiger partial charge in [-0.2, -0.15) is 4.98 Å². The van der Waals surface area contributed by atoms with Crippen molar-refractivity contribution in [2.45, 2.75) is 63.3 Å². The highest BCUT2D eigenvalue weighted by Gasteiger charge is 2.35. The van der Waals surface area contributed by atoms with Gasteiger partial charge in [0.25, 0.3) is 0 Å². The lowest BCUT2D eigenvalue weighted by atomic mass is 10.2. The van der Waals surface area contributed by atoms with Crippen LogP contribution < -0.4 is 20.1 Å². The van der Waals surface area contributed by atoms with Gasteiger partial charge >= 0.3 is 0 Å². The molecular formula is C25H32N6O4S2. The molecule has 0 spiro atoms. The van der Waals surface area contributed by atoms with Crippen LogP contribution in [0.1, 0.15) is 43.4 Å². The number of nitrogens with one attached hydrogen (secondary N) is 4. The van der Waals surface area contributed by atoms with E-state index in [9.17, 15) is 16.8 Å². The zero-order valence-electron chi connectivity index (χ0n) is 21.2. The second-order valence-electron chi connectivity index (χ2n) is 9.50. The second-order valence-corrected chi connectivity index (χ2v) is 13.2. The summed E-state index contributed by atoms with van der Waals surface area (Å²) in [5, 5.41) is 6.08. The Kier molecular flexibility index (Phi) is 7.83. The molecule has 1 aromatic heterocycles. The first-order valence-electron chi connectivity index (χ1n) is 12.0. The zero-order valence-corrected chi connectivity index (χ0v) is 22.9. The second kappa shape index (κ2) is 10.7. The normalized spacial score (nSPS) is 14.1. The molecule has 1 heterocycles. The van der Waals surface area contributed by atoms with Crippen LogP contribution in [0.15, 0.2) is 53.6 Å². The van der Waals surface area contributed by atoms with E-state index in [4.69, 9.17) is 0 Å². The Morgan fingerprint density at radius 1 is 0.946 bits per heavy atom. The third-order valence-electron chi connectivity index (χ3n) is 5.73. The molecule has 1 aliphatic rings. The summed E-state index contributed by atoms with van der Waals surface area (Å²) in [4.78, 5) is 9.08. The maximum Gasteiger partial charge on any atom is 0.241 e. The summed E-state index contributed by atoms with van der Waals surface area (Å²) in [5.74, 6) is 0.861. The van der Waals surface area contributed by atoms with Gasteiger partial charge in [-0.3, -0.25) is 0 Å². The fourth-order valence-corrected chi connectivity index (χ4v) is 6.56. The molecule has 4 N–H and O–H groups in total. The van der Waals surface area contributed by atoms with Gasteiger partial charge in [0.2, 0.25) is 26.0 Å². The van der Waals surface area contributed by atoms with Gasteiger partial charge in [-0.25, -0.2) is 31.3 Å². The highest BCUT2D eigenvalue weighted by Crippen LogP contribution is 2.28. The maximum absolute atomic E-state index is 12.7. The summed E-state index contributed by atoms with van der Waals surface area (Å²) in [6.07, 6.45) is 3.10. The quantitative estimate of drug-likeness (QED) is 0.285. The van der Waals surface area contributed by atoms with Gasteiger partial charge in [0.15, 0.2) is 0 Å². The monoisotopic (exact) mass is 544 g/mol. The van der Waals surface area contributed by atoms with E-state index in [1.807, 2.05) is 31.2 Å².